The molecule has 1 fully saturated rings. The zero-order valence-electron chi connectivity index (χ0n) is 17.1. The third-order valence-electron chi connectivity index (χ3n) is 4.73. The van der Waals surface area contributed by atoms with Gasteiger partial charge in [0.25, 0.3) is 0 Å². The summed E-state index contributed by atoms with van der Waals surface area (Å²) in [4.78, 5) is 6.30. The number of hydrogen-bond acceptors (Lipinski definition) is 5. The summed E-state index contributed by atoms with van der Waals surface area (Å²) >= 11 is 0. The van der Waals surface area contributed by atoms with Gasteiger partial charge in [0.05, 0.1) is 24.2 Å². The van der Waals surface area contributed by atoms with Gasteiger partial charge in [0.2, 0.25) is 0 Å². The van der Waals surface area contributed by atoms with E-state index in [9.17, 15) is 8.42 Å². The van der Waals surface area contributed by atoms with Gasteiger partial charge >= 0.3 is 0 Å². The van der Waals surface area contributed by atoms with Crippen molar-refractivity contribution in [2.45, 2.75) is 31.6 Å². The predicted molar refractivity (Wildman–Crippen MR) is 123 cm³/mol. The fraction of sp³-hybridized carbons (Fsp3) is 0.632. The Morgan fingerprint density at radius 3 is 2.54 bits per heavy atom. The summed E-state index contributed by atoms with van der Waals surface area (Å²) in [7, 11) is 0.318. The van der Waals surface area contributed by atoms with E-state index in [4.69, 9.17) is 9.47 Å². The molecule has 0 saturated carbocycles. The van der Waals surface area contributed by atoms with E-state index >= 15 is 0 Å². The summed E-state index contributed by atoms with van der Waals surface area (Å²) in [5, 5.41) is 3.30. The van der Waals surface area contributed by atoms with Crippen LogP contribution >= 0.6 is 24.0 Å². The van der Waals surface area contributed by atoms with Crippen LogP contribution in [0.25, 0.3) is 0 Å². The highest BCUT2D eigenvalue weighted by Crippen LogP contribution is 2.23. The normalized spacial score (nSPS) is 18.3. The monoisotopic (exact) mass is 525 g/mol. The molecule has 0 bridgehead atoms. The summed E-state index contributed by atoms with van der Waals surface area (Å²) in [6.07, 6.45) is 0.838. The van der Waals surface area contributed by atoms with Crippen molar-refractivity contribution in [3.05, 3.63) is 29.8 Å². The summed E-state index contributed by atoms with van der Waals surface area (Å²) in [5.74, 6) is 1.74. The van der Waals surface area contributed by atoms with Crippen molar-refractivity contribution in [2.75, 3.05) is 46.2 Å². The van der Waals surface area contributed by atoms with E-state index in [1.807, 2.05) is 29.2 Å². The van der Waals surface area contributed by atoms with Gasteiger partial charge in [-0.05, 0) is 38.0 Å². The van der Waals surface area contributed by atoms with Gasteiger partial charge in [-0.15, -0.1) is 24.0 Å². The molecule has 0 radical (unpaired) electrons. The van der Waals surface area contributed by atoms with Crippen molar-refractivity contribution in [3.63, 3.8) is 0 Å². The minimum Gasteiger partial charge on any atom is -0.497 e. The van der Waals surface area contributed by atoms with Crippen LogP contribution < -0.4 is 10.1 Å². The van der Waals surface area contributed by atoms with Crippen LogP contribution in [0.3, 0.4) is 0 Å². The summed E-state index contributed by atoms with van der Waals surface area (Å²) in [5.41, 5.74) is 1.11. The number of halogens is 1. The molecule has 9 heteroatoms. The average molecular weight is 525 g/mol. The number of nitrogens with zero attached hydrogens (tertiary/aromatic N) is 2. The molecule has 28 heavy (non-hydrogen) atoms. The number of methoxy groups -OCH3 is 1. The summed E-state index contributed by atoms with van der Waals surface area (Å²) in [6, 6.07) is 7.82. The second kappa shape index (κ2) is 11.2. The van der Waals surface area contributed by atoms with E-state index in [0.29, 0.717) is 26.3 Å². The van der Waals surface area contributed by atoms with E-state index in [0.717, 1.165) is 30.2 Å². The van der Waals surface area contributed by atoms with Crippen LogP contribution in [0, 0.1) is 0 Å². The maximum Gasteiger partial charge on any atom is 0.193 e. The quantitative estimate of drug-likeness (QED) is 0.255. The standard InChI is InChI=1S/C19H31N3O4S.HI/c1-19(2)15-22(11-13-27(19,23)24)18(20-3)21-10-5-12-26-14-16-6-8-17(25-4)9-7-16;/h6-9H,5,10-15H2,1-4H3,(H,20,21);1H. The largest absolute Gasteiger partial charge is 0.497 e. The van der Waals surface area contributed by atoms with Gasteiger partial charge in [0.15, 0.2) is 15.8 Å². The molecule has 1 heterocycles. The first kappa shape index (κ1) is 25.0. The Balaban J connectivity index is 0.00000392. The van der Waals surface area contributed by atoms with E-state index in [1.165, 1.54) is 0 Å². The molecule has 1 aliphatic rings. The first-order valence-corrected chi connectivity index (χ1v) is 10.8. The van der Waals surface area contributed by atoms with E-state index in [1.54, 1.807) is 28.0 Å². The Labute approximate surface area is 185 Å². The van der Waals surface area contributed by atoms with Crippen LogP contribution in [-0.4, -0.2) is 70.2 Å². The van der Waals surface area contributed by atoms with Gasteiger partial charge in [-0.25, -0.2) is 8.42 Å². The lowest BCUT2D eigenvalue weighted by Gasteiger charge is -2.39. The molecular formula is C19H32IN3O4S. The number of rotatable bonds is 7. The zero-order chi connectivity index (χ0) is 19.9. The lowest BCUT2D eigenvalue weighted by Crippen LogP contribution is -2.57. The minimum atomic E-state index is -3.05. The molecule has 0 unspecified atom stereocenters. The Morgan fingerprint density at radius 2 is 1.96 bits per heavy atom. The second-order valence-electron chi connectivity index (χ2n) is 7.23. The van der Waals surface area contributed by atoms with Crippen molar-refractivity contribution in [1.82, 2.24) is 10.2 Å². The molecule has 0 atom stereocenters. The van der Waals surface area contributed by atoms with Crippen molar-refractivity contribution >= 4 is 39.8 Å². The third-order valence-corrected chi connectivity index (χ3v) is 7.26. The average Bonchev–Trinajstić information content (AvgIpc) is 2.64. The molecule has 1 saturated heterocycles. The van der Waals surface area contributed by atoms with E-state index in [2.05, 4.69) is 10.3 Å². The third kappa shape index (κ3) is 6.77. The number of benzene rings is 1. The van der Waals surface area contributed by atoms with Crippen molar-refractivity contribution in [3.8, 4) is 5.75 Å². The number of aliphatic imine (C=N–C) groups is 1. The fourth-order valence-electron chi connectivity index (χ4n) is 2.94. The van der Waals surface area contributed by atoms with Crippen molar-refractivity contribution in [1.29, 1.82) is 0 Å². The van der Waals surface area contributed by atoms with Crippen LogP contribution in [0.2, 0.25) is 0 Å². The van der Waals surface area contributed by atoms with E-state index < -0.39 is 14.6 Å². The van der Waals surface area contributed by atoms with Crippen LogP contribution in [-0.2, 0) is 21.2 Å². The number of sulfone groups is 1. The van der Waals surface area contributed by atoms with Crippen molar-refractivity contribution in [2.24, 2.45) is 4.99 Å². The highest BCUT2D eigenvalue weighted by Gasteiger charge is 2.40. The van der Waals surface area contributed by atoms with Gasteiger partial charge in [-0.3, -0.25) is 4.99 Å². The molecule has 0 spiro atoms. The van der Waals surface area contributed by atoms with Gasteiger partial charge < -0.3 is 19.7 Å². The lowest BCUT2D eigenvalue weighted by molar-refractivity contribution is 0.119. The molecule has 1 aliphatic heterocycles. The zero-order valence-corrected chi connectivity index (χ0v) is 20.2. The van der Waals surface area contributed by atoms with Gasteiger partial charge in [0, 0.05) is 33.3 Å². The number of hydrogen-bond donors (Lipinski definition) is 1. The van der Waals surface area contributed by atoms with Crippen molar-refractivity contribution < 1.29 is 17.9 Å². The second-order valence-corrected chi connectivity index (χ2v) is 9.97. The minimum absolute atomic E-state index is 0. The SMILES string of the molecule is CN=C(NCCCOCc1ccc(OC)cc1)N1CCS(=O)(=O)C(C)(C)C1.I. The maximum absolute atomic E-state index is 12.1. The van der Waals surface area contributed by atoms with Crippen LogP contribution in [0.1, 0.15) is 25.8 Å². The lowest BCUT2D eigenvalue weighted by atomic mass is 10.2. The smallest absolute Gasteiger partial charge is 0.193 e. The Morgan fingerprint density at radius 1 is 1.29 bits per heavy atom. The molecule has 1 aromatic rings. The predicted octanol–water partition coefficient (Wildman–Crippen LogP) is 2.30. The highest BCUT2D eigenvalue weighted by molar-refractivity contribution is 14.0. The molecule has 7 nitrogen and oxygen atoms in total. The molecule has 1 aromatic carbocycles. The van der Waals surface area contributed by atoms with Gasteiger partial charge in [0.1, 0.15) is 5.75 Å². The Hall–Kier alpha value is -1.07. The summed E-state index contributed by atoms with van der Waals surface area (Å²) in [6.45, 7) is 6.39. The first-order valence-electron chi connectivity index (χ1n) is 9.17. The molecule has 0 aliphatic carbocycles. The topological polar surface area (TPSA) is 80.2 Å². The molecule has 160 valence electrons. The fourth-order valence-corrected chi connectivity index (χ4v) is 4.31. The van der Waals surface area contributed by atoms with Crippen LogP contribution in [0.4, 0.5) is 0 Å². The first-order chi connectivity index (χ1) is 12.8. The number of ether oxygens (including phenoxy) is 2. The van der Waals surface area contributed by atoms with Gasteiger partial charge in [-0.1, -0.05) is 12.1 Å². The van der Waals surface area contributed by atoms with Crippen LogP contribution in [0.5, 0.6) is 5.75 Å². The number of guanidine groups is 1. The molecule has 0 aromatic heterocycles. The maximum atomic E-state index is 12.1. The Kier molecular flexibility index (Phi) is 9.99. The molecule has 0 amide bonds. The molecule has 1 N–H and O–H groups in total. The Bertz CT molecular complexity index is 736. The van der Waals surface area contributed by atoms with Crippen LogP contribution in [0.15, 0.2) is 29.3 Å². The summed E-state index contributed by atoms with van der Waals surface area (Å²) < 4.78 is 34.3. The van der Waals surface area contributed by atoms with Gasteiger partial charge in [-0.2, -0.15) is 0 Å². The molecular weight excluding hydrogens is 493 g/mol. The van der Waals surface area contributed by atoms with E-state index in [-0.39, 0.29) is 29.7 Å². The highest BCUT2D eigenvalue weighted by atomic mass is 127. The number of nitrogens with one attached hydrogen (secondary N) is 1. The molecule has 2 rings (SSSR count).